The summed E-state index contributed by atoms with van der Waals surface area (Å²) in [6.07, 6.45) is 3.15. The highest BCUT2D eigenvalue weighted by atomic mass is 16.6. The first-order valence-electron chi connectivity index (χ1n) is 6.26. The largest absolute Gasteiger partial charge is 0.480 e. The number of nitrogens with zero attached hydrogens (tertiary/aromatic N) is 3. The number of likely N-dealkylation sites (tertiary alicyclic amines) is 1. The summed E-state index contributed by atoms with van der Waals surface area (Å²) in [6, 6.07) is 0.320. The number of carboxylic acid groups (broad SMARTS) is 1. The van der Waals surface area contributed by atoms with Gasteiger partial charge in [-0.05, 0) is 19.3 Å². The topological polar surface area (TPSA) is 106 Å². The number of aliphatic carboxylic acids is 1. The first kappa shape index (κ1) is 14.0. The zero-order valence-corrected chi connectivity index (χ0v) is 11.0. The lowest BCUT2D eigenvalue weighted by Crippen LogP contribution is -2.48. The smallest absolute Gasteiger partial charge is 0.326 e. The summed E-state index contributed by atoms with van der Waals surface area (Å²) in [5.74, 6) is -1.52. The van der Waals surface area contributed by atoms with Crippen molar-refractivity contribution in [1.29, 1.82) is 0 Å². The summed E-state index contributed by atoms with van der Waals surface area (Å²) >= 11 is 0. The van der Waals surface area contributed by atoms with Gasteiger partial charge < -0.3 is 14.6 Å². The summed E-state index contributed by atoms with van der Waals surface area (Å²) in [4.78, 5) is 35.0. The van der Waals surface area contributed by atoms with E-state index in [1.807, 2.05) is 0 Å². The molecule has 0 aliphatic carbocycles. The fourth-order valence-corrected chi connectivity index (χ4v) is 2.44. The molecule has 0 saturated carbocycles. The Morgan fingerprint density at radius 3 is 2.70 bits per heavy atom. The minimum atomic E-state index is -1.04. The highest BCUT2D eigenvalue weighted by Gasteiger charge is 2.34. The molecule has 0 bridgehead atoms. The van der Waals surface area contributed by atoms with Crippen LogP contribution in [0, 0.1) is 10.1 Å². The molecule has 1 aromatic heterocycles. The van der Waals surface area contributed by atoms with E-state index in [-0.39, 0.29) is 11.4 Å². The number of rotatable bonds is 3. The van der Waals surface area contributed by atoms with E-state index < -0.39 is 22.8 Å². The van der Waals surface area contributed by atoms with Crippen molar-refractivity contribution in [3.63, 3.8) is 0 Å². The Morgan fingerprint density at radius 2 is 2.15 bits per heavy atom. The summed E-state index contributed by atoms with van der Waals surface area (Å²) in [6.45, 7) is 0.356. The Bertz CT molecular complexity index is 565. The first-order chi connectivity index (χ1) is 9.41. The third kappa shape index (κ3) is 2.49. The van der Waals surface area contributed by atoms with Gasteiger partial charge in [0, 0.05) is 19.7 Å². The van der Waals surface area contributed by atoms with E-state index in [0.29, 0.717) is 13.0 Å². The van der Waals surface area contributed by atoms with Crippen molar-refractivity contribution in [3.05, 3.63) is 28.1 Å². The zero-order chi connectivity index (χ0) is 14.9. The monoisotopic (exact) mass is 281 g/mol. The van der Waals surface area contributed by atoms with Crippen LogP contribution in [0.5, 0.6) is 0 Å². The van der Waals surface area contributed by atoms with Crippen molar-refractivity contribution in [1.82, 2.24) is 9.47 Å². The van der Waals surface area contributed by atoms with Crippen molar-refractivity contribution in [2.24, 2.45) is 7.05 Å². The molecule has 1 unspecified atom stereocenters. The normalized spacial score (nSPS) is 18.9. The molecule has 2 rings (SSSR count). The van der Waals surface area contributed by atoms with Crippen LogP contribution < -0.4 is 0 Å². The van der Waals surface area contributed by atoms with Gasteiger partial charge in [0.15, 0.2) is 0 Å². The van der Waals surface area contributed by atoms with E-state index in [0.717, 1.165) is 12.8 Å². The molecule has 8 nitrogen and oxygen atoms in total. The predicted octanol–water partition coefficient (Wildman–Crippen LogP) is 1.01. The summed E-state index contributed by atoms with van der Waals surface area (Å²) in [5, 5.41) is 19.9. The van der Waals surface area contributed by atoms with E-state index in [1.165, 1.54) is 28.8 Å². The van der Waals surface area contributed by atoms with E-state index >= 15 is 0 Å². The number of piperidine rings is 1. The summed E-state index contributed by atoms with van der Waals surface area (Å²) < 4.78 is 1.36. The lowest BCUT2D eigenvalue weighted by molar-refractivity contribution is -0.384. The lowest BCUT2D eigenvalue weighted by Gasteiger charge is -2.32. The molecular formula is C12H15N3O5. The number of hydrogen-bond acceptors (Lipinski definition) is 4. The maximum absolute atomic E-state index is 12.4. The van der Waals surface area contributed by atoms with Gasteiger partial charge in [-0.3, -0.25) is 14.9 Å². The molecule has 1 N–H and O–H groups in total. The van der Waals surface area contributed by atoms with Crippen LogP contribution in [0.3, 0.4) is 0 Å². The van der Waals surface area contributed by atoms with Gasteiger partial charge in [-0.25, -0.2) is 4.79 Å². The second-order valence-electron chi connectivity index (χ2n) is 4.80. The second-order valence-corrected chi connectivity index (χ2v) is 4.80. The molecule has 0 aromatic carbocycles. The van der Waals surface area contributed by atoms with Gasteiger partial charge in [0.2, 0.25) is 0 Å². The van der Waals surface area contributed by atoms with Gasteiger partial charge in [-0.2, -0.15) is 0 Å². The van der Waals surface area contributed by atoms with Crippen molar-refractivity contribution in [2.45, 2.75) is 25.3 Å². The third-order valence-corrected chi connectivity index (χ3v) is 3.47. The predicted molar refractivity (Wildman–Crippen MR) is 68.4 cm³/mol. The van der Waals surface area contributed by atoms with E-state index in [1.54, 1.807) is 0 Å². The van der Waals surface area contributed by atoms with E-state index in [9.17, 15) is 19.7 Å². The van der Waals surface area contributed by atoms with Crippen LogP contribution in [-0.2, 0) is 11.8 Å². The SMILES string of the molecule is Cn1cc([N+](=O)[O-])cc1C(=O)N1CCCCC1C(=O)O. The minimum Gasteiger partial charge on any atom is -0.480 e. The van der Waals surface area contributed by atoms with Gasteiger partial charge in [0.1, 0.15) is 11.7 Å². The maximum atomic E-state index is 12.4. The van der Waals surface area contributed by atoms with Crippen molar-refractivity contribution < 1.29 is 19.6 Å². The van der Waals surface area contributed by atoms with Crippen LogP contribution in [0.4, 0.5) is 5.69 Å². The molecule has 1 fully saturated rings. The number of carboxylic acids is 1. The van der Waals surface area contributed by atoms with Crippen LogP contribution in [0.1, 0.15) is 29.8 Å². The number of nitro groups is 1. The number of aryl methyl sites for hydroxylation is 1. The molecule has 0 radical (unpaired) electrons. The fourth-order valence-electron chi connectivity index (χ4n) is 2.44. The molecule has 1 aliphatic heterocycles. The highest BCUT2D eigenvalue weighted by molar-refractivity contribution is 5.96. The van der Waals surface area contributed by atoms with Gasteiger partial charge in [0.05, 0.1) is 11.1 Å². The Morgan fingerprint density at radius 1 is 1.45 bits per heavy atom. The van der Waals surface area contributed by atoms with Crippen LogP contribution in [0.25, 0.3) is 0 Å². The van der Waals surface area contributed by atoms with Crippen molar-refractivity contribution in [2.75, 3.05) is 6.54 Å². The minimum absolute atomic E-state index is 0.129. The van der Waals surface area contributed by atoms with E-state index in [4.69, 9.17) is 5.11 Å². The first-order valence-corrected chi connectivity index (χ1v) is 6.26. The molecule has 1 saturated heterocycles. The summed E-state index contributed by atoms with van der Waals surface area (Å²) in [5.41, 5.74) is -0.0513. The maximum Gasteiger partial charge on any atom is 0.326 e. The molecule has 1 aliphatic rings. The van der Waals surface area contributed by atoms with E-state index in [2.05, 4.69) is 0 Å². The third-order valence-electron chi connectivity index (χ3n) is 3.47. The fraction of sp³-hybridized carbons (Fsp3) is 0.500. The molecular weight excluding hydrogens is 266 g/mol. The Balaban J connectivity index is 2.29. The molecule has 108 valence electrons. The quantitative estimate of drug-likeness (QED) is 0.657. The average molecular weight is 281 g/mol. The molecule has 2 heterocycles. The van der Waals surface area contributed by atoms with Gasteiger partial charge in [-0.15, -0.1) is 0 Å². The van der Waals surface area contributed by atoms with Gasteiger partial charge in [-0.1, -0.05) is 0 Å². The Hall–Kier alpha value is -2.38. The lowest BCUT2D eigenvalue weighted by atomic mass is 10.0. The second kappa shape index (κ2) is 5.32. The standard InChI is InChI=1S/C12H15N3O5/c1-13-7-8(15(19)20)6-10(13)11(16)14-5-3-2-4-9(14)12(17)18/h6-7,9H,2-5H2,1H3,(H,17,18). The van der Waals surface area contributed by atoms with Gasteiger partial charge >= 0.3 is 5.97 Å². The van der Waals surface area contributed by atoms with Crippen LogP contribution in [0.15, 0.2) is 12.3 Å². The average Bonchev–Trinajstić information content (AvgIpc) is 2.80. The number of amides is 1. The molecule has 20 heavy (non-hydrogen) atoms. The van der Waals surface area contributed by atoms with Crippen molar-refractivity contribution >= 4 is 17.6 Å². The molecule has 1 atom stereocenters. The number of aromatic nitrogens is 1. The van der Waals surface area contributed by atoms with Gasteiger partial charge in [0.25, 0.3) is 11.6 Å². The van der Waals surface area contributed by atoms with Crippen LogP contribution in [-0.4, -0.2) is 44.0 Å². The summed E-state index contributed by atoms with van der Waals surface area (Å²) in [7, 11) is 1.53. The van der Waals surface area contributed by atoms with Crippen LogP contribution in [0.2, 0.25) is 0 Å². The molecule has 8 heteroatoms. The number of carbonyl (C=O) groups is 2. The highest BCUT2D eigenvalue weighted by Crippen LogP contribution is 2.22. The van der Waals surface area contributed by atoms with Crippen LogP contribution >= 0.6 is 0 Å². The number of carbonyl (C=O) groups excluding carboxylic acids is 1. The Labute approximate surface area is 114 Å². The molecule has 1 aromatic rings. The molecule has 0 spiro atoms. The molecule has 1 amide bonds. The number of hydrogen-bond donors (Lipinski definition) is 1. The Kier molecular flexibility index (Phi) is 3.73. The zero-order valence-electron chi connectivity index (χ0n) is 11.0. The van der Waals surface area contributed by atoms with Crippen molar-refractivity contribution in [3.8, 4) is 0 Å².